The second-order valence-corrected chi connectivity index (χ2v) is 4.33. The third kappa shape index (κ3) is 1.48. The molecule has 4 heteroatoms. The highest BCUT2D eigenvalue weighted by atomic mass is 127. The van der Waals surface area contributed by atoms with Gasteiger partial charge in [0.05, 0.1) is 5.52 Å². The van der Waals surface area contributed by atoms with Gasteiger partial charge in [0.15, 0.2) is 6.29 Å². The van der Waals surface area contributed by atoms with E-state index >= 15 is 0 Å². The topological polar surface area (TPSA) is 22.0 Å². The van der Waals surface area contributed by atoms with Crippen LogP contribution in [-0.4, -0.2) is 10.3 Å². The molecule has 1 heterocycles. The Hall–Kier alpha value is -0.490. The van der Waals surface area contributed by atoms with Crippen LogP contribution in [0.15, 0.2) is 30.5 Å². The molecule has 1 aromatic carbocycles. The van der Waals surface area contributed by atoms with Crippen molar-refractivity contribution >= 4 is 47.5 Å². The van der Waals surface area contributed by atoms with Crippen molar-refractivity contribution < 1.29 is 4.79 Å². The van der Waals surface area contributed by atoms with Crippen molar-refractivity contribution in [3.63, 3.8) is 0 Å². The molecule has 66 valence electrons. The molecular weight excluding hydrogens is 297 g/mol. The molecule has 0 bridgehead atoms. The summed E-state index contributed by atoms with van der Waals surface area (Å²) in [6, 6.07) is 7.88. The van der Waals surface area contributed by atoms with Gasteiger partial charge in [-0.05, 0) is 6.07 Å². The molecule has 2 nitrogen and oxygen atoms in total. The smallest absolute Gasteiger partial charge is 0.152 e. The first kappa shape index (κ1) is 9.08. The Labute approximate surface area is 92.0 Å². The van der Waals surface area contributed by atoms with Crippen molar-refractivity contribution in [1.29, 1.82) is 0 Å². The summed E-state index contributed by atoms with van der Waals surface area (Å²) in [6.07, 6.45) is 2.75. The summed E-state index contributed by atoms with van der Waals surface area (Å²) < 4.78 is 1.99. The predicted molar refractivity (Wildman–Crippen MR) is 64.3 cm³/mol. The zero-order valence-electron chi connectivity index (χ0n) is 6.61. The maximum Gasteiger partial charge on any atom is 0.152 e. The molecule has 0 radical (unpaired) electrons. The lowest BCUT2D eigenvalue weighted by Crippen LogP contribution is -1.76. The van der Waals surface area contributed by atoms with Crippen LogP contribution in [0.2, 0.25) is 0 Å². The first-order valence-electron chi connectivity index (χ1n) is 3.71. The van der Waals surface area contributed by atoms with Crippen LogP contribution in [0.3, 0.4) is 0 Å². The van der Waals surface area contributed by atoms with Crippen LogP contribution in [-0.2, 0) is 0 Å². The summed E-state index contributed by atoms with van der Waals surface area (Å²) in [5.74, 6) is 0. The van der Waals surface area contributed by atoms with Crippen molar-refractivity contribution in [3.05, 3.63) is 36.0 Å². The lowest BCUT2D eigenvalue weighted by atomic mass is 10.2. The SMILES string of the molecule is O=Cc1cn(SI)c2ccccc12. The van der Waals surface area contributed by atoms with E-state index in [1.807, 2.05) is 34.4 Å². The Morgan fingerprint density at radius 3 is 2.85 bits per heavy atom. The van der Waals surface area contributed by atoms with Gasteiger partial charge in [0.25, 0.3) is 0 Å². The second kappa shape index (κ2) is 3.71. The van der Waals surface area contributed by atoms with E-state index in [0.717, 1.165) is 22.8 Å². The van der Waals surface area contributed by atoms with Crippen LogP contribution >= 0.6 is 30.3 Å². The molecule has 0 atom stereocenters. The number of halogens is 1. The number of para-hydroxylation sites is 1. The molecular formula is C9H6INOS. The van der Waals surface area contributed by atoms with Crippen LogP contribution < -0.4 is 0 Å². The third-order valence-electron chi connectivity index (χ3n) is 1.91. The van der Waals surface area contributed by atoms with Gasteiger partial charge in [-0.15, -0.1) is 0 Å². The highest BCUT2D eigenvalue weighted by molar-refractivity contribution is 14.2. The van der Waals surface area contributed by atoms with Gasteiger partial charge in [-0.3, -0.25) is 8.77 Å². The van der Waals surface area contributed by atoms with Crippen LogP contribution in [0.1, 0.15) is 10.4 Å². The molecule has 0 aliphatic carbocycles. The first-order chi connectivity index (χ1) is 6.36. The maximum absolute atomic E-state index is 10.7. The molecule has 2 aromatic rings. The third-order valence-corrected chi connectivity index (χ3v) is 3.63. The Morgan fingerprint density at radius 1 is 1.38 bits per heavy atom. The molecule has 0 aliphatic heterocycles. The van der Waals surface area contributed by atoms with E-state index in [4.69, 9.17) is 0 Å². The fourth-order valence-electron chi connectivity index (χ4n) is 1.33. The molecule has 0 aliphatic rings. The Bertz CT molecular complexity index is 452. The van der Waals surface area contributed by atoms with Gasteiger partial charge in [-0.2, -0.15) is 0 Å². The number of nitrogens with zero attached hydrogens (tertiary/aromatic N) is 1. The summed E-state index contributed by atoms with van der Waals surface area (Å²) in [5, 5.41) is 1.02. The molecule has 0 amide bonds. The highest BCUT2D eigenvalue weighted by Crippen LogP contribution is 2.27. The zero-order valence-corrected chi connectivity index (χ0v) is 9.58. The fraction of sp³-hybridized carbons (Fsp3) is 0. The normalized spacial score (nSPS) is 10.5. The zero-order chi connectivity index (χ0) is 9.26. The second-order valence-electron chi connectivity index (χ2n) is 2.61. The van der Waals surface area contributed by atoms with Crippen molar-refractivity contribution in [2.24, 2.45) is 0 Å². The fourth-order valence-corrected chi connectivity index (χ4v) is 2.69. The predicted octanol–water partition coefficient (Wildman–Crippen LogP) is 3.30. The van der Waals surface area contributed by atoms with Gasteiger partial charge in [-0.25, -0.2) is 0 Å². The van der Waals surface area contributed by atoms with Gasteiger partial charge >= 0.3 is 0 Å². The highest BCUT2D eigenvalue weighted by Gasteiger charge is 2.05. The lowest BCUT2D eigenvalue weighted by Gasteiger charge is -1.95. The number of aldehydes is 1. The molecule has 0 unspecified atom stereocenters. The maximum atomic E-state index is 10.7. The van der Waals surface area contributed by atoms with Crippen LogP contribution in [0.4, 0.5) is 0 Å². The molecule has 0 spiro atoms. The standard InChI is InChI=1S/C9H6INOS/c10-13-11-5-7(6-12)8-3-1-2-4-9(8)11/h1-6H. The number of rotatable bonds is 2. The molecule has 1 aromatic heterocycles. The molecule has 0 saturated carbocycles. The van der Waals surface area contributed by atoms with E-state index in [1.54, 1.807) is 9.12 Å². The van der Waals surface area contributed by atoms with Crippen LogP contribution in [0, 0.1) is 0 Å². The number of hydrogen-bond donors (Lipinski definition) is 0. The average molecular weight is 303 g/mol. The van der Waals surface area contributed by atoms with Crippen LogP contribution in [0.5, 0.6) is 0 Å². The molecule has 2 rings (SSSR count). The summed E-state index contributed by atoms with van der Waals surface area (Å²) in [6.45, 7) is 0. The van der Waals surface area contributed by atoms with Crippen molar-refractivity contribution in [2.75, 3.05) is 0 Å². The quantitative estimate of drug-likeness (QED) is 0.627. The first-order valence-corrected chi connectivity index (χ1v) is 7.03. The monoisotopic (exact) mass is 303 g/mol. The number of carbonyl (C=O) groups is 1. The Morgan fingerprint density at radius 2 is 2.15 bits per heavy atom. The summed E-state index contributed by atoms with van der Waals surface area (Å²) in [7, 11) is 1.56. The van der Waals surface area contributed by atoms with E-state index in [9.17, 15) is 4.79 Å². The van der Waals surface area contributed by atoms with E-state index in [2.05, 4.69) is 21.2 Å². The van der Waals surface area contributed by atoms with E-state index in [-0.39, 0.29) is 0 Å². The average Bonchev–Trinajstić information content (AvgIpc) is 2.56. The van der Waals surface area contributed by atoms with Gasteiger partial charge < -0.3 is 0 Å². The molecule has 0 saturated heterocycles. The molecule has 13 heavy (non-hydrogen) atoms. The minimum atomic E-state index is 0.750. The minimum Gasteiger partial charge on any atom is -0.298 e. The molecule has 0 N–H and O–H groups in total. The number of hydrogen-bond acceptors (Lipinski definition) is 2. The van der Waals surface area contributed by atoms with E-state index in [0.29, 0.717) is 0 Å². The van der Waals surface area contributed by atoms with Crippen molar-refractivity contribution in [2.45, 2.75) is 0 Å². The summed E-state index contributed by atoms with van der Waals surface area (Å²) in [4.78, 5) is 10.7. The molecule has 0 fully saturated rings. The Balaban J connectivity index is 2.81. The van der Waals surface area contributed by atoms with E-state index < -0.39 is 0 Å². The van der Waals surface area contributed by atoms with Crippen LogP contribution in [0.25, 0.3) is 10.9 Å². The number of fused-ring (bicyclic) bond motifs is 1. The van der Waals surface area contributed by atoms with Gasteiger partial charge in [0.2, 0.25) is 0 Å². The largest absolute Gasteiger partial charge is 0.298 e. The van der Waals surface area contributed by atoms with Crippen molar-refractivity contribution in [3.8, 4) is 0 Å². The number of aromatic nitrogens is 1. The lowest BCUT2D eigenvalue weighted by molar-refractivity contribution is 0.112. The number of benzene rings is 1. The minimum absolute atomic E-state index is 0.750. The summed E-state index contributed by atoms with van der Waals surface area (Å²) in [5.41, 5.74) is 1.84. The Kier molecular flexibility index (Phi) is 2.59. The van der Waals surface area contributed by atoms with Gasteiger partial charge in [0, 0.05) is 47.5 Å². The number of carbonyl (C=O) groups excluding carboxylic acids is 1. The van der Waals surface area contributed by atoms with Gasteiger partial charge in [-0.1, -0.05) is 18.2 Å². The summed E-state index contributed by atoms with van der Waals surface area (Å²) >= 11 is 2.19. The van der Waals surface area contributed by atoms with E-state index in [1.165, 1.54) is 0 Å². The van der Waals surface area contributed by atoms with Crippen molar-refractivity contribution in [1.82, 2.24) is 3.97 Å². The van der Waals surface area contributed by atoms with Gasteiger partial charge in [0.1, 0.15) is 0 Å².